The molecule has 3 N–H and O–H groups in total. The van der Waals surface area contributed by atoms with Crippen molar-refractivity contribution in [3.63, 3.8) is 0 Å². The molecule has 0 aliphatic heterocycles. The third kappa shape index (κ3) is 8.71. The fraction of sp³-hybridized carbons (Fsp3) is 0.875. The van der Waals surface area contributed by atoms with E-state index in [0.29, 0.717) is 6.42 Å². The minimum Gasteiger partial charge on any atom is -0.479 e. The highest BCUT2D eigenvalue weighted by molar-refractivity contribution is 6.01. The first-order valence-electron chi connectivity index (χ1n) is 8.14. The van der Waals surface area contributed by atoms with Crippen molar-refractivity contribution in [1.29, 1.82) is 0 Å². The molecule has 0 aromatic carbocycles. The second-order valence-electron chi connectivity index (χ2n) is 5.76. The van der Waals surface area contributed by atoms with Crippen LogP contribution in [0.4, 0.5) is 0 Å². The minimum absolute atomic E-state index is 0.227. The summed E-state index contributed by atoms with van der Waals surface area (Å²) in [5, 5.41) is 27.0. The van der Waals surface area contributed by atoms with E-state index in [1.807, 2.05) is 0 Å². The quantitative estimate of drug-likeness (QED) is 0.337. The van der Waals surface area contributed by atoms with E-state index in [1.165, 1.54) is 44.9 Å². The van der Waals surface area contributed by atoms with Crippen LogP contribution in [0.2, 0.25) is 0 Å². The molecule has 0 bridgehead atoms. The van der Waals surface area contributed by atoms with Gasteiger partial charge in [0.05, 0.1) is 0 Å². The molecule has 0 aromatic heterocycles. The SMILES string of the molecule is CCCCCCCCCCCCCC(O)(C(=O)O)C(=O)O. The lowest BCUT2D eigenvalue weighted by Crippen LogP contribution is -2.46. The van der Waals surface area contributed by atoms with Gasteiger partial charge >= 0.3 is 11.9 Å². The van der Waals surface area contributed by atoms with Crippen molar-refractivity contribution < 1.29 is 24.9 Å². The summed E-state index contributed by atoms with van der Waals surface area (Å²) in [4.78, 5) is 21.5. The van der Waals surface area contributed by atoms with Crippen LogP contribution >= 0.6 is 0 Å². The maximum Gasteiger partial charge on any atom is 0.347 e. The van der Waals surface area contributed by atoms with Gasteiger partial charge in [0, 0.05) is 0 Å². The van der Waals surface area contributed by atoms with E-state index in [-0.39, 0.29) is 6.42 Å². The van der Waals surface area contributed by atoms with Crippen molar-refractivity contribution in [2.75, 3.05) is 0 Å². The van der Waals surface area contributed by atoms with E-state index in [9.17, 15) is 14.7 Å². The molecule has 0 rings (SSSR count). The Kier molecular flexibility index (Phi) is 10.9. The summed E-state index contributed by atoms with van der Waals surface area (Å²) < 4.78 is 0. The number of rotatable bonds is 14. The normalized spacial score (nSPS) is 11.5. The fourth-order valence-electron chi connectivity index (χ4n) is 2.35. The highest BCUT2D eigenvalue weighted by atomic mass is 16.4. The van der Waals surface area contributed by atoms with Crippen molar-refractivity contribution in [2.24, 2.45) is 0 Å². The van der Waals surface area contributed by atoms with Crippen LogP contribution in [0.1, 0.15) is 84.0 Å². The third-order valence-electron chi connectivity index (χ3n) is 3.85. The van der Waals surface area contributed by atoms with Gasteiger partial charge in [-0.05, 0) is 12.8 Å². The van der Waals surface area contributed by atoms with Crippen LogP contribution in [-0.2, 0) is 9.59 Å². The lowest BCUT2D eigenvalue weighted by Gasteiger charge is -2.17. The van der Waals surface area contributed by atoms with Gasteiger partial charge in [-0.25, -0.2) is 9.59 Å². The first-order valence-corrected chi connectivity index (χ1v) is 8.14. The Morgan fingerprint density at radius 3 is 1.38 bits per heavy atom. The van der Waals surface area contributed by atoms with Crippen molar-refractivity contribution in [2.45, 2.75) is 89.6 Å². The highest BCUT2D eigenvalue weighted by Gasteiger charge is 2.43. The molecule has 5 nitrogen and oxygen atoms in total. The van der Waals surface area contributed by atoms with Crippen LogP contribution in [0.3, 0.4) is 0 Å². The van der Waals surface area contributed by atoms with E-state index >= 15 is 0 Å². The van der Waals surface area contributed by atoms with Crippen molar-refractivity contribution in [3.8, 4) is 0 Å². The molecule has 0 unspecified atom stereocenters. The number of carboxylic acids is 2. The van der Waals surface area contributed by atoms with Gasteiger partial charge in [-0.15, -0.1) is 0 Å². The Hall–Kier alpha value is -1.10. The predicted octanol–water partition coefficient (Wildman–Crippen LogP) is 3.59. The topological polar surface area (TPSA) is 94.8 Å². The Bertz CT molecular complexity index is 287. The molecule has 21 heavy (non-hydrogen) atoms. The van der Waals surface area contributed by atoms with E-state index in [1.54, 1.807) is 0 Å². The molecule has 0 amide bonds. The summed E-state index contributed by atoms with van der Waals surface area (Å²) in [6.07, 6.45) is 11.9. The van der Waals surface area contributed by atoms with Crippen LogP contribution in [0.25, 0.3) is 0 Å². The summed E-state index contributed by atoms with van der Waals surface area (Å²) in [7, 11) is 0. The van der Waals surface area contributed by atoms with Gasteiger partial charge in [0.25, 0.3) is 5.60 Å². The summed E-state index contributed by atoms with van der Waals surface area (Å²) in [6, 6.07) is 0. The number of aliphatic hydroxyl groups is 1. The molecule has 0 aliphatic carbocycles. The van der Waals surface area contributed by atoms with Crippen LogP contribution in [0.15, 0.2) is 0 Å². The van der Waals surface area contributed by atoms with Crippen molar-refractivity contribution in [3.05, 3.63) is 0 Å². The zero-order valence-corrected chi connectivity index (χ0v) is 13.1. The number of aliphatic carboxylic acids is 2. The molecule has 0 heterocycles. The second kappa shape index (κ2) is 11.5. The van der Waals surface area contributed by atoms with Gasteiger partial charge in [0.1, 0.15) is 0 Å². The number of carbonyl (C=O) groups is 2. The fourth-order valence-corrected chi connectivity index (χ4v) is 2.35. The van der Waals surface area contributed by atoms with Crippen LogP contribution in [0, 0.1) is 0 Å². The maximum absolute atomic E-state index is 10.7. The molecule has 0 saturated carbocycles. The van der Waals surface area contributed by atoms with Gasteiger partial charge in [-0.1, -0.05) is 71.1 Å². The third-order valence-corrected chi connectivity index (χ3v) is 3.85. The molecule has 0 aromatic rings. The molecular weight excluding hydrogens is 272 g/mol. The van der Waals surface area contributed by atoms with Gasteiger partial charge in [-0.3, -0.25) is 0 Å². The standard InChI is InChI=1S/C16H30O5/c1-2-3-4-5-6-7-8-9-10-11-12-13-16(21,14(17)18)15(19)20/h21H,2-13H2,1H3,(H,17,18)(H,19,20). The zero-order valence-electron chi connectivity index (χ0n) is 13.1. The van der Waals surface area contributed by atoms with Gasteiger partial charge < -0.3 is 15.3 Å². The highest BCUT2D eigenvalue weighted by Crippen LogP contribution is 2.18. The molecule has 0 aliphatic rings. The van der Waals surface area contributed by atoms with E-state index < -0.39 is 17.5 Å². The molecule has 0 saturated heterocycles. The molecule has 5 heteroatoms. The monoisotopic (exact) mass is 302 g/mol. The largest absolute Gasteiger partial charge is 0.479 e. The van der Waals surface area contributed by atoms with Gasteiger partial charge in [0.2, 0.25) is 0 Å². The number of unbranched alkanes of at least 4 members (excludes halogenated alkanes) is 10. The summed E-state index contributed by atoms with van der Waals surface area (Å²) in [5.74, 6) is -3.36. The minimum atomic E-state index is -2.63. The Morgan fingerprint density at radius 2 is 1.05 bits per heavy atom. The molecule has 0 atom stereocenters. The average Bonchev–Trinajstić information content (AvgIpc) is 2.44. The average molecular weight is 302 g/mol. The second-order valence-corrected chi connectivity index (χ2v) is 5.76. The van der Waals surface area contributed by atoms with Crippen LogP contribution < -0.4 is 0 Å². The van der Waals surface area contributed by atoms with Gasteiger partial charge in [-0.2, -0.15) is 0 Å². The number of hydrogen-bond donors (Lipinski definition) is 3. The van der Waals surface area contributed by atoms with Crippen molar-refractivity contribution in [1.82, 2.24) is 0 Å². The Balaban J connectivity index is 3.51. The summed E-state index contributed by atoms with van der Waals surface area (Å²) in [6.45, 7) is 2.20. The Labute approximate surface area is 127 Å². The molecule has 0 fully saturated rings. The number of carboxylic acid groups (broad SMARTS) is 2. The summed E-state index contributed by atoms with van der Waals surface area (Å²) in [5.41, 5.74) is -2.63. The molecule has 124 valence electrons. The van der Waals surface area contributed by atoms with E-state index in [4.69, 9.17) is 10.2 Å². The summed E-state index contributed by atoms with van der Waals surface area (Å²) >= 11 is 0. The first kappa shape index (κ1) is 19.9. The smallest absolute Gasteiger partial charge is 0.347 e. The van der Waals surface area contributed by atoms with Crippen LogP contribution in [-0.4, -0.2) is 32.9 Å². The lowest BCUT2D eigenvalue weighted by atomic mass is 9.95. The van der Waals surface area contributed by atoms with Crippen LogP contribution in [0.5, 0.6) is 0 Å². The molecule has 0 radical (unpaired) electrons. The predicted molar refractivity (Wildman–Crippen MR) is 81.3 cm³/mol. The number of hydrogen-bond acceptors (Lipinski definition) is 3. The van der Waals surface area contributed by atoms with Gasteiger partial charge in [0.15, 0.2) is 0 Å². The Morgan fingerprint density at radius 1 is 0.714 bits per heavy atom. The first-order chi connectivity index (χ1) is 9.95. The molecule has 0 spiro atoms. The van der Waals surface area contributed by atoms with Crippen molar-refractivity contribution >= 4 is 11.9 Å². The molecular formula is C16H30O5. The van der Waals surface area contributed by atoms with E-state index in [0.717, 1.165) is 19.3 Å². The lowest BCUT2D eigenvalue weighted by molar-refractivity contribution is -0.176. The zero-order chi connectivity index (χ0) is 16.1. The van der Waals surface area contributed by atoms with E-state index in [2.05, 4.69) is 6.92 Å². The maximum atomic E-state index is 10.7.